The molecule has 8 rings (SSSR count). The van der Waals surface area contributed by atoms with Crippen molar-refractivity contribution >= 4 is 16.7 Å². The minimum absolute atomic E-state index is 0.0879. The quantitative estimate of drug-likeness (QED) is 0.381. The maximum Gasteiger partial charge on any atom is 0.319 e. The smallest absolute Gasteiger partial charge is 0.319 e. The number of rotatable bonds is 6. The van der Waals surface area contributed by atoms with E-state index in [-0.39, 0.29) is 11.4 Å². The van der Waals surface area contributed by atoms with Crippen LogP contribution in [0.2, 0.25) is 0 Å². The molecular weight excluding hydrogens is 489 g/mol. The van der Waals surface area contributed by atoms with Gasteiger partial charge < -0.3 is 9.64 Å². The van der Waals surface area contributed by atoms with Crippen molar-refractivity contribution in [3.05, 3.63) is 41.8 Å². The lowest BCUT2D eigenvalue weighted by Crippen LogP contribution is -2.43. The van der Waals surface area contributed by atoms with Crippen LogP contribution in [0.4, 0.5) is 10.2 Å². The summed E-state index contributed by atoms with van der Waals surface area (Å²) in [5.74, 6) is 2.91. The van der Waals surface area contributed by atoms with E-state index in [1.54, 1.807) is 0 Å². The number of aromatic nitrogens is 3. The number of pyridine rings is 1. The SMILES string of the molecule is C[C@H]1CC1c1ccccc1-c1ncc2c(N3CC4CCC(C4)C3)nc(OCC34CCCN3CCC4)nc2c1F. The Kier molecular flexibility index (Phi) is 5.62. The summed E-state index contributed by atoms with van der Waals surface area (Å²) in [5.41, 5.74) is 2.89. The third-order valence-electron chi connectivity index (χ3n) is 10.6. The van der Waals surface area contributed by atoms with E-state index >= 15 is 4.39 Å². The van der Waals surface area contributed by atoms with Gasteiger partial charge in [-0.3, -0.25) is 9.88 Å². The lowest BCUT2D eigenvalue weighted by molar-refractivity contribution is 0.108. The van der Waals surface area contributed by atoms with Gasteiger partial charge in [0.2, 0.25) is 0 Å². The zero-order valence-corrected chi connectivity index (χ0v) is 22.9. The number of halogens is 1. The molecule has 39 heavy (non-hydrogen) atoms. The maximum absolute atomic E-state index is 16.5. The topological polar surface area (TPSA) is 54.4 Å². The van der Waals surface area contributed by atoms with Gasteiger partial charge in [0.1, 0.15) is 23.6 Å². The monoisotopic (exact) mass is 527 g/mol. The first-order valence-corrected chi connectivity index (χ1v) is 15.2. The lowest BCUT2D eigenvalue weighted by atomic mass is 9.95. The van der Waals surface area contributed by atoms with Crippen LogP contribution in [0, 0.1) is 23.6 Å². The molecule has 1 aromatic carbocycles. The van der Waals surface area contributed by atoms with Crippen molar-refractivity contribution in [2.75, 3.05) is 37.7 Å². The van der Waals surface area contributed by atoms with Crippen molar-refractivity contribution in [2.45, 2.75) is 69.7 Å². The standard InChI is InChI=1S/C32H38FN5O/c1-20-14-25(20)23-6-2-3-7-24(23)28-27(33)29-26(16-34-28)30(37-17-21-8-9-22(15-21)18-37)36-31(35-29)39-19-32-10-4-12-38(32)13-5-11-32/h2-3,6-7,16,20-22,25H,4-5,8-15,17-19H2,1H3/t20-,21?,22?,25?/m0/s1. The number of nitrogens with zero attached hydrogens (tertiary/aromatic N) is 5. The molecule has 3 unspecified atom stereocenters. The van der Waals surface area contributed by atoms with Crippen molar-refractivity contribution in [3.8, 4) is 17.3 Å². The number of benzene rings is 1. The molecule has 204 valence electrons. The Balaban J connectivity index is 1.22. The Labute approximate surface area is 230 Å². The molecule has 2 bridgehead atoms. The molecule has 6 nitrogen and oxygen atoms in total. The third-order valence-corrected chi connectivity index (χ3v) is 10.6. The molecule has 0 radical (unpaired) electrons. The molecule has 0 spiro atoms. The second kappa shape index (κ2) is 9.12. The van der Waals surface area contributed by atoms with Crippen molar-refractivity contribution in [1.82, 2.24) is 19.9 Å². The molecule has 2 saturated carbocycles. The van der Waals surface area contributed by atoms with Crippen LogP contribution in [0.3, 0.4) is 0 Å². The van der Waals surface area contributed by atoms with Gasteiger partial charge in [-0.25, -0.2) is 4.39 Å². The van der Waals surface area contributed by atoms with Gasteiger partial charge in [0.15, 0.2) is 5.82 Å². The summed E-state index contributed by atoms with van der Waals surface area (Å²) in [6.45, 7) is 7.05. The second-order valence-corrected chi connectivity index (χ2v) is 13.1. The number of piperidine rings is 1. The Morgan fingerprint density at radius 1 is 1.03 bits per heavy atom. The molecule has 3 saturated heterocycles. The summed E-state index contributed by atoms with van der Waals surface area (Å²) in [7, 11) is 0. The van der Waals surface area contributed by atoms with Crippen molar-refractivity contribution in [2.24, 2.45) is 17.8 Å². The van der Waals surface area contributed by atoms with E-state index < -0.39 is 0 Å². The van der Waals surface area contributed by atoms with Gasteiger partial charge in [-0.2, -0.15) is 9.97 Å². The van der Waals surface area contributed by atoms with Gasteiger partial charge in [0.25, 0.3) is 0 Å². The molecule has 2 aromatic heterocycles. The fourth-order valence-electron chi connectivity index (χ4n) is 8.35. The van der Waals surface area contributed by atoms with E-state index in [1.807, 2.05) is 18.3 Å². The van der Waals surface area contributed by atoms with Gasteiger partial charge in [0, 0.05) is 24.8 Å². The zero-order chi connectivity index (χ0) is 26.1. The van der Waals surface area contributed by atoms with Crippen LogP contribution < -0.4 is 9.64 Å². The molecule has 7 heteroatoms. The van der Waals surface area contributed by atoms with E-state index in [0.29, 0.717) is 52.9 Å². The van der Waals surface area contributed by atoms with Crippen LogP contribution in [0.25, 0.3) is 22.2 Å². The van der Waals surface area contributed by atoms with E-state index in [2.05, 4.69) is 28.9 Å². The highest BCUT2D eigenvalue weighted by Gasteiger charge is 2.45. The molecule has 3 aromatic rings. The van der Waals surface area contributed by atoms with Gasteiger partial charge in [-0.15, -0.1) is 0 Å². The first kappa shape index (κ1) is 24.0. The largest absolute Gasteiger partial charge is 0.461 e. The Bertz CT molecular complexity index is 1410. The molecule has 5 aliphatic rings. The average molecular weight is 528 g/mol. The highest BCUT2D eigenvalue weighted by molar-refractivity contribution is 5.92. The van der Waals surface area contributed by atoms with Gasteiger partial charge >= 0.3 is 6.01 Å². The van der Waals surface area contributed by atoms with E-state index in [4.69, 9.17) is 19.7 Å². The van der Waals surface area contributed by atoms with Gasteiger partial charge in [-0.05, 0) is 93.7 Å². The molecule has 2 aliphatic carbocycles. The summed E-state index contributed by atoms with van der Waals surface area (Å²) in [4.78, 5) is 19.4. The van der Waals surface area contributed by atoms with Crippen LogP contribution in [0.5, 0.6) is 6.01 Å². The number of hydrogen-bond acceptors (Lipinski definition) is 6. The Morgan fingerprint density at radius 3 is 2.51 bits per heavy atom. The van der Waals surface area contributed by atoms with E-state index in [0.717, 1.165) is 56.8 Å². The third kappa shape index (κ3) is 4.02. The van der Waals surface area contributed by atoms with Crippen LogP contribution >= 0.6 is 0 Å². The highest BCUT2D eigenvalue weighted by atomic mass is 19.1. The fourth-order valence-corrected chi connectivity index (χ4v) is 8.35. The molecule has 0 N–H and O–H groups in total. The normalized spacial score (nSPS) is 29.2. The Hall–Kier alpha value is -2.80. The summed E-state index contributed by atoms with van der Waals surface area (Å²) in [5, 5.41) is 0.698. The van der Waals surface area contributed by atoms with Crippen LogP contribution in [-0.2, 0) is 0 Å². The summed E-state index contributed by atoms with van der Waals surface area (Å²) >= 11 is 0. The van der Waals surface area contributed by atoms with Crippen LogP contribution in [0.1, 0.15) is 69.8 Å². The zero-order valence-electron chi connectivity index (χ0n) is 22.9. The maximum atomic E-state index is 16.5. The minimum Gasteiger partial charge on any atom is -0.461 e. The molecule has 5 heterocycles. The van der Waals surface area contributed by atoms with E-state index in [1.165, 1.54) is 37.7 Å². The van der Waals surface area contributed by atoms with Crippen molar-refractivity contribution in [3.63, 3.8) is 0 Å². The predicted octanol–water partition coefficient (Wildman–Crippen LogP) is 6.20. The number of hydrogen-bond donors (Lipinski definition) is 0. The average Bonchev–Trinajstić information content (AvgIpc) is 3.22. The highest BCUT2D eigenvalue weighted by Crippen LogP contribution is 2.50. The molecule has 0 amide bonds. The first-order chi connectivity index (χ1) is 19.1. The van der Waals surface area contributed by atoms with E-state index in [9.17, 15) is 0 Å². The molecule has 5 fully saturated rings. The van der Waals surface area contributed by atoms with Gasteiger partial charge in [0.05, 0.1) is 10.9 Å². The Morgan fingerprint density at radius 2 is 1.77 bits per heavy atom. The lowest BCUT2D eigenvalue weighted by Gasteiger charge is -2.34. The summed E-state index contributed by atoms with van der Waals surface area (Å²) in [6, 6.07) is 8.48. The van der Waals surface area contributed by atoms with Crippen LogP contribution in [0.15, 0.2) is 30.5 Å². The van der Waals surface area contributed by atoms with Gasteiger partial charge in [-0.1, -0.05) is 31.2 Å². The number of anilines is 1. The van der Waals surface area contributed by atoms with Crippen LogP contribution in [-0.4, -0.2) is 58.2 Å². The number of ether oxygens (including phenoxy) is 1. The fraction of sp³-hybridized carbons (Fsp3) is 0.594. The molecule has 3 aliphatic heterocycles. The molecular formula is C32H38FN5O. The predicted molar refractivity (Wildman–Crippen MR) is 151 cm³/mol. The minimum atomic E-state index is -0.358. The first-order valence-electron chi connectivity index (χ1n) is 15.2. The molecule has 4 atom stereocenters. The van der Waals surface area contributed by atoms with Crippen molar-refractivity contribution < 1.29 is 9.13 Å². The second-order valence-electron chi connectivity index (χ2n) is 13.1. The summed E-state index contributed by atoms with van der Waals surface area (Å²) in [6.07, 6.45) is 11.5. The summed E-state index contributed by atoms with van der Waals surface area (Å²) < 4.78 is 22.9. The number of fused-ring (bicyclic) bond motifs is 4. The van der Waals surface area contributed by atoms with Crippen molar-refractivity contribution in [1.29, 1.82) is 0 Å².